The van der Waals surface area contributed by atoms with Crippen molar-refractivity contribution in [2.75, 3.05) is 0 Å². The molecule has 1 heterocycles. The molecule has 1 aliphatic rings. The summed E-state index contributed by atoms with van der Waals surface area (Å²) < 4.78 is 0. The number of aromatic nitrogens is 1. The number of halogens is 1. The average molecular weight is 334 g/mol. The molecule has 0 aliphatic heterocycles. The van der Waals surface area contributed by atoms with Crippen LogP contribution in [0.5, 0.6) is 0 Å². The Labute approximate surface area is 145 Å². The third-order valence-electron chi connectivity index (χ3n) is 4.32. The third kappa shape index (κ3) is 2.59. The van der Waals surface area contributed by atoms with E-state index in [4.69, 9.17) is 11.6 Å². The van der Waals surface area contributed by atoms with Crippen molar-refractivity contribution in [3.8, 4) is 11.1 Å². The SMILES string of the molecule is O=c1[nH]c2ccc(Cl)cc2c(-c2ccccc2)c1C1=CCCC=C1. The molecule has 0 radical (unpaired) electrons. The number of aromatic amines is 1. The number of fused-ring (bicyclic) bond motifs is 1. The van der Waals surface area contributed by atoms with Gasteiger partial charge in [-0.05, 0) is 42.2 Å². The van der Waals surface area contributed by atoms with Gasteiger partial charge in [-0.1, -0.05) is 60.2 Å². The van der Waals surface area contributed by atoms with Crippen molar-refractivity contribution in [1.29, 1.82) is 0 Å². The van der Waals surface area contributed by atoms with Crippen LogP contribution in [0.2, 0.25) is 5.02 Å². The average Bonchev–Trinajstić information content (AvgIpc) is 2.62. The number of benzene rings is 2. The van der Waals surface area contributed by atoms with Gasteiger partial charge >= 0.3 is 0 Å². The molecule has 0 saturated heterocycles. The highest BCUT2D eigenvalue weighted by molar-refractivity contribution is 6.31. The second-order valence-electron chi connectivity index (χ2n) is 5.90. The molecule has 1 N–H and O–H groups in total. The summed E-state index contributed by atoms with van der Waals surface area (Å²) in [5, 5.41) is 1.62. The quantitative estimate of drug-likeness (QED) is 0.652. The number of hydrogen-bond donors (Lipinski definition) is 1. The fourth-order valence-electron chi connectivity index (χ4n) is 3.24. The van der Waals surface area contributed by atoms with Gasteiger partial charge in [0.05, 0.1) is 5.56 Å². The summed E-state index contributed by atoms with van der Waals surface area (Å²) in [4.78, 5) is 15.9. The first-order valence-electron chi connectivity index (χ1n) is 8.02. The van der Waals surface area contributed by atoms with Gasteiger partial charge in [-0.2, -0.15) is 0 Å². The maximum atomic E-state index is 12.8. The van der Waals surface area contributed by atoms with Gasteiger partial charge in [-0.15, -0.1) is 0 Å². The van der Waals surface area contributed by atoms with Crippen LogP contribution in [0.4, 0.5) is 0 Å². The zero-order chi connectivity index (χ0) is 16.5. The van der Waals surface area contributed by atoms with Crippen LogP contribution in [-0.2, 0) is 0 Å². The molecule has 1 aliphatic carbocycles. The Morgan fingerprint density at radius 1 is 0.958 bits per heavy atom. The Morgan fingerprint density at radius 2 is 1.79 bits per heavy atom. The summed E-state index contributed by atoms with van der Waals surface area (Å²) in [5.41, 5.74) is 4.38. The molecule has 0 bridgehead atoms. The lowest BCUT2D eigenvalue weighted by molar-refractivity contribution is 1.04. The molecule has 0 amide bonds. The highest BCUT2D eigenvalue weighted by atomic mass is 35.5. The first kappa shape index (κ1) is 15.0. The van der Waals surface area contributed by atoms with Crippen molar-refractivity contribution < 1.29 is 0 Å². The molecule has 0 saturated carbocycles. The van der Waals surface area contributed by atoms with E-state index in [0.29, 0.717) is 10.6 Å². The number of pyridine rings is 1. The first-order valence-corrected chi connectivity index (χ1v) is 8.40. The van der Waals surface area contributed by atoms with Crippen molar-refractivity contribution in [2.24, 2.45) is 0 Å². The van der Waals surface area contributed by atoms with E-state index in [9.17, 15) is 4.79 Å². The molecular formula is C21H16ClNO. The van der Waals surface area contributed by atoms with E-state index >= 15 is 0 Å². The van der Waals surface area contributed by atoms with E-state index < -0.39 is 0 Å². The van der Waals surface area contributed by atoms with Gasteiger partial charge in [0.2, 0.25) is 0 Å². The van der Waals surface area contributed by atoms with Gasteiger partial charge in [0.25, 0.3) is 5.56 Å². The molecule has 0 spiro atoms. The maximum Gasteiger partial charge on any atom is 0.256 e. The van der Waals surface area contributed by atoms with Gasteiger partial charge in [-0.25, -0.2) is 0 Å². The van der Waals surface area contributed by atoms with Crippen LogP contribution in [0.1, 0.15) is 18.4 Å². The molecule has 0 fully saturated rings. The largest absolute Gasteiger partial charge is 0.321 e. The molecule has 118 valence electrons. The summed E-state index contributed by atoms with van der Waals surface area (Å²) >= 11 is 6.24. The molecular weight excluding hydrogens is 318 g/mol. The molecule has 4 rings (SSSR count). The second-order valence-corrected chi connectivity index (χ2v) is 6.34. The number of rotatable bonds is 2. The lowest BCUT2D eigenvalue weighted by Crippen LogP contribution is -2.14. The number of allylic oxidation sites excluding steroid dienone is 4. The molecule has 0 atom stereocenters. The number of H-pyrrole nitrogens is 1. The molecule has 1 aromatic heterocycles. The molecule has 3 heteroatoms. The smallest absolute Gasteiger partial charge is 0.256 e. The molecule has 0 unspecified atom stereocenters. The van der Waals surface area contributed by atoms with Crippen LogP contribution in [-0.4, -0.2) is 4.98 Å². The Morgan fingerprint density at radius 3 is 2.54 bits per heavy atom. The molecule has 2 nitrogen and oxygen atoms in total. The van der Waals surface area contributed by atoms with E-state index in [1.54, 1.807) is 6.07 Å². The predicted octanol–water partition coefficient (Wildman–Crippen LogP) is 5.58. The number of nitrogens with one attached hydrogen (secondary N) is 1. The first-order chi connectivity index (χ1) is 11.7. The monoisotopic (exact) mass is 333 g/mol. The summed E-state index contributed by atoms with van der Waals surface area (Å²) in [6.45, 7) is 0. The molecule has 2 aromatic carbocycles. The molecule has 24 heavy (non-hydrogen) atoms. The zero-order valence-electron chi connectivity index (χ0n) is 13.1. The topological polar surface area (TPSA) is 32.9 Å². The molecule has 3 aromatic rings. The van der Waals surface area contributed by atoms with Gasteiger partial charge in [-0.3, -0.25) is 4.79 Å². The highest BCUT2D eigenvalue weighted by Gasteiger charge is 2.17. The fourth-order valence-corrected chi connectivity index (χ4v) is 3.42. The van der Waals surface area contributed by atoms with E-state index in [1.165, 1.54) is 0 Å². The van der Waals surface area contributed by atoms with Crippen LogP contribution < -0.4 is 5.56 Å². The Kier molecular flexibility index (Phi) is 3.83. The minimum absolute atomic E-state index is 0.0681. The standard InChI is InChI=1S/C21H16ClNO/c22-16-11-12-18-17(13-16)19(14-7-3-1-4-8-14)20(21(24)23-18)15-9-5-2-6-10-15/h1,3-5,7-13H,2,6H2,(H,23,24). The third-order valence-corrected chi connectivity index (χ3v) is 4.56. The number of hydrogen-bond acceptors (Lipinski definition) is 1. The summed E-state index contributed by atoms with van der Waals surface area (Å²) in [5.74, 6) is 0. The predicted molar refractivity (Wildman–Crippen MR) is 101 cm³/mol. The minimum Gasteiger partial charge on any atom is -0.321 e. The van der Waals surface area contributed by atoms with Crippen molar-refractivity contribution in [2.45, 2.75) is 12.8 Å². The normalized spacial score (nSPS) is 14.0. The summed E-state index contributed by atoms with van der Waals surface area (Å²) in [6, 6.07) is 15.6. The lowest BCUT2D eigenvalue weighted by atomic mass is 9.90. The fraction of sp³-hybridized carbons (Fsp3) is 0.0952. The van der Waals surface area contributed by atoms with Crippen molar-refractivity contribution >= 4 is 28.1 Å². The summed E-state index contributed by atoms with van der Waals surface area (Å²) in [7, 11) is 0. The van der Waals surface area contributed by atoms with Crippen LogP contribution in [0, 0.1) is 0 Å². The summed E-state index contributed by atoms with van der Waals surface area (Å²) in [6.07, 6.45) is 8.25. The van der Waals surface area contributed by atoms with Gasteiger partial charge in [0.1, 0.15) is 0 Å². The van der Waals surface area contributed by atoms with Crippen molar-refractivity contribution in [3.05, 3.63) is 87.7 Å². The maximum absolute atomic E-state index is 12.8. The van der Waals surface area contributed by atoms with Gasteiger partial charge in [0, 0.05) is 21.5 Å². The highest BCUT2D eigenvalue weighted by Crippen LogP contribution is 2.35. The second kappa shape index (κ2) is 6.14. The Bertz CT molecular complexity index is 1030. The van der Waals surface area contributed by atoms with Crippen LogP contribution in [0.3, 0.4) is 0 Å². The van der Waals surface area contributed by atoms with Crippen LogP contribution in [0.25, 0.3) is 27.6 Å². The van der Waals surface area contributed by atoms with Crippen LogP contribution in [0.15, 0.2) is 71.6 Å². The van der Waals surface area contributed by atoms with Gasteiger partial charge in [0.15, 0.2) is 0 Å². The van der Waals surface area contributed by atoms with Crippen LogP contribution >= 0.6 is 11.6 Å². The van der Waals surface area contributed by atoms with E-state index in [1.807, 2.05) is 48.5 Å². The van der Waals surface area contributed by atoms with Crippen molar-refractivity contribution in [3.63, 3.8) is 0 Å². The van der Waals surface area contributed by atoms with E-state index in [0.717, 1.165) is 40.4 Å². The van der Waals surface area contributed by atoms with E-state index in [-0.39, 0.29) is 5.56 Å². The lowest BCUT2D eigenvalue weighted by Gasteiger charge is -2.15. The van der Waals surface area contributed by atoms with Crippen molar-refractivity contribution in [1.82, 2.24) is 4.98 Å². The minimum atomic E-state index is -0.0681. The Hall–Kier alpha value is -2.58. The zero-order valence-corrected chi connectivity index (χ0v) is 13.8. The van der Waals surface area contributed by atoms with E-state index in [2.05, 4.69) is 17.1 Å². The van der Waals surface area contributed by atoms with Gasteiger partial charge < -0.3 is 4.98 Å². The Balaban J connectivity index is 2.14.